The van der Waals surface area contributed by atoms with Gasteiger partial charge in [0.1, 0.15) is 4.83 Å². The Kier molecular flexibility index (Phi) is 6.66. The zero-order chi connectivity index (χ0) is 16.4. The maximum absolute atomic E-state index is 12.4. The second-order valence-electron chi connectivity index (χ2n) is 6.75. The lowest BCUT2D eigenvalue weighted by molar-refractivity contribution is 0.0955. The number of aromatic nitrogens is 2. The molecule has 1 aliphatic rings. The molecule has 0 saturated carbocycles. The van der Waals surface area contributed by atoms with E-state index in [1.807, 2.05) is 17.8 Å². The summed E-state index contributed by atoms with van der Waals surface area (Å²) >= 11 is 1.53. The molecule has 1 aliphatic heterocycles. The van der Waals surface area contributed by atoms with Gasteiger partial charge in [0.2, 0.25) is 0 Å². The molecule has 1 atom stereocenters. The van der Waals surface area contributed by atoms with E-state index in [0.29, 0.717) is 11.8 Å². The van der Waals surface area contributed by atoms with Gasteiger partial charge < -0.3 is 10.6 Å². The van der Waals surface area contributed by atoms with Crippen molar-refractivity contribution in [1.29, 1.82) is 0 Å². The molecule has 2 aromatic rings. The monoisotopic (exact) mass is 370 g/mol. The van der Waals surface area contributed by atoms with Crippen LogP contribution >= 0.6 is 23.7 Å². The summed E-state index contributed by atoms with van der Waals surface area (Å²) in [4.78, 5) is 14.3. The molecule has 0 aliphatic carbocycles. The lowest BCUT2D eigenvalue weighted by Crippen LogP contribution is -2.33. The van der Waals surface area contributed by atoms with Crippen LogP contribution in [0.3, 0.4) is 0 Å². The summed E-state index contributed by atoms with van der Waals surface area (Å²) in [6, 6.07) is 2.00. The van der Waals surface area contributed by atoms with E-state index < -0.39 is 0 Å². The minimum Gasteiger partial charge on any atom is -0.351 e. The molecule has 3 heterocycles. The normalized spacial score (nSPS) is 17.9. The molecule has 0 spiro atoms. The van der Waals surface area contributed by atoms with Gasteiger partial charge in [0.05, 0.1) is 10.6 Å². The zero-order valence-electron chi connectivity index (χ0n) is 14.6. The van der Waals surface area contributed by atoms with Crippen LogP contribution in [0.25, 0.3) is 10.2 Å². The first-order valence-corrected chi connectivity index (χ1v) is 9.33. The first kappa shape index (κ1) is 19.2. The molecule has 7 heteroatoms. The van der Waals surface area contributed by atoms with Gasteiger partial charge in [-0.1, -0.05) is 13.8 Å². The number of halogens is 1. The largest absolute Gasteiger partial charge is 0.351 e. The van der Waals surface area contributed by atoms with Crippen molar-refractivity contribution in [2.24, 2.45) is 13.0 Å². The van der Waals surface area contributed by atoms with E-state index in [1.165, 1.54) is 24.2 Å². The lowest BCUT2D eigenvalue weighted by atomic mass is 9.96. The topological polar surface area (TPSA) is 59.0 Å². The van der Waals surface area contributed by atoms with E-state index in [9.17, 15) is 4.79 Å². The highest BCUT2D eigenvalue weighted by molar-refractivity contribution is 7.20. The third-order valence-corrected chi connectivity index (χ3v) is 5.75. The Labute approximate surface area is 153 Å². The standard InChI is InChI=1S/C17H26N4OS.ClH/c1-11(2)15-13-9-14(23-17(13)21(3)20-15)16(22)19-8-6-12-5-4-7-18-10-12;/h9,11-12,18H,4-8,10H2,1-3H3,(H,19,22);1H. The third-order valence-electron chi connectivity index (χ3n) is 4.55. The number of fused-ring (bicyclic) bond motifs is 1. The van der Waals surface area contributed by atoms with Crippen LogP contribution in [0.4, 0.5) is 0 Å². The summed E-state index contributed by atoms with van der Waals surface area (Å²) in [6.07, 6.45) is 3.58. The number of hydrogen-bond donors (Lipinski definition) is 2. The molecule has 2 N–H and O–H groups in total. The number of carbonyl (C=O) groups is 1. The number of amides is 1. The smallest absolute Gasteiger partial charge is 0.261 e. The Bertz CT molecular complexity index is 688. The predicted octanol–water partition coefficient (Wildman–Crippen LogP) is 3.30. The minimum atomic E-state index is 0. The molecular weight excluding hydrogens is 344 g/mol. The molecular formula is C17H27ClN4OS. The number of rotatable bonds is 5. The van der Waals surface area contributed by atoms with Crippen molar-refractivity contribution in [3.8, 4) is 0 Å². The van der Waals surface area contributed by atoms with Crippen LogP contribution in [-0.2, 0) is 7.05 Å². The molecule has 5 nitrogen and oxygen atoms in total. The number of hydrogen-bond acceptors (Lipinski definition) is 4. The molecule has 1 amide bonds. The summed E-state index contributed by atoms with van der Waals surface area (Å²) in [5, 5.41) is 12.2. The van der Waals surface area contributed by atoms with Gasteiger partial charge >= 0.3 is 0 Å². The van der Waals surface area contributed by atoms with Gasteiger partial charge in [-0.3, -0.25) is 9.48 Å². The molecule has 2 aromatic heterocycles. The highest BCUT2D eigenvalue weighted by atomic mass is 35.5. The van der Waals surface area contributed by atoms with Crippen molar-refractivity contribution in [3.05, 3.63) is 16.6 Å². The van der Waals surface area contributed by atoms with Gasteiger partial charge in [-0.15, -0.1) is 23.7 Å². The van der Waals surface area contributed by atoms with Gasteiger partial charge in [-0.25, -0.2) is 0 Å². The SMILES string of the molecule is CC(C)c1nn(C)c2sc(C(=O)NCCC3CCCNC3)cc12.Cl. The van der Waals surface area contributed by atoms with Crippen molar-refractivity contribution >= 4 is 39.9 Å². The molecule has 1 unspecified atom stereocenters. The average Bonchev–Trinajstić information content (AvgIpc) is 3.09. The van der Waals surface area contributed by atoms with Crippen molar-refractivity contribution in [2.75, 3.05) is 19.6 Å². The molecule has 0 radical (unpaired) electrons. The Morgan fingerprint density at radius 3 is 3.00 bits per heavy atom. The van der Waals surface area contributed by atoms with Crippen LogP contribution in [0.1, 0.15) is 54.4 Å². The summed E-state index contributed by atoms with van der Waals surface area (Å²) in [6.45, 7) is 7.25. The molecule has 1 saturated heterocycles. The van der Waals surface area contributed by atoms with Gasteiger partial charge in [-0.05, 0) is 50.3 Å². The number of thiophene rings is 1. The Hall–Kier alpha value is -1.11. The van der Waals surface area contributed by atoms with Crippen LogP contribution in [0.15, 0.2) is 6.07 Å². The van der Waals surface area contributed by atoms with E-state index >= 15 is 0 Å². The molecule has 24 heavy (non-hydrogen) atoms. The molecule has 3 rings (SSSR count). The van der Waals surface area contributed by atoms with Gasteiger partial charge in [0, 0.05) is 19.0 Å². The van der Waals surface area contributed by atoms with Crippen LogP contribution in [0, 0.1) is 5.92 Å². The summed E-state index contributed by atoms with van der Waals surface area (Å²) in [7, 11) is 1.95. The second-order valence-corrected chi connectivity index (χ2v) is 7.78. The Morgan fingerprint density at radius 1 is 1.54 bits per heavy atom. The zero-order valence-corrected chi connectivity index (χ0v) is 16.2. The maximum atomic E-state index is 12.4. The number of aryl methyl sites for hydroxylation is 1. The van der Waals surface area contributed by atoms with Crippen molar-refractivity contribution in [2.45, 2.75) is 39.0 Å². The first-order chi connectivity index (χ1) is 11.1. The second kappa shape index (κ2) is 8.32. The van der Waals surface area contributed by atoms with Gasteiger partial charge in [0.25, 0.3) is 5.91 Å². The molecule has 0 bridgehead atoms. The van der Waals surface area contributed by atoms with Crippen molar-refractivity contribution in [1.82, 2.24) is 20.4 Å². The first-order valence-electron chi connectivity index (χ1n) is 8.51. The fourth-order valence-electron chi connectivity index (χ4n) is 3.25. The van der Waals surface area contributed by atoms with Crippen LogP contribution in [0.5, 0.6) is 0 Å². The van der Waals surface area contributed by atoms with E-state index in [4.69, 9.17) is 0 Å². The third kappa shape index (κ3) is 4.10. The predicted molar refractivity (Wildman–Crippen MR) is 102 cm³/mol. The highest BCUT2D eigenvalue weighted by Crippen LogP contribution is 2.31. The van der Waals surface area contributed by atoms with E-state index in [0.717, 1.165) is 46.8 Å². The maximum Gasteiger partial charge on any atom is 0.261 e. The van der Waals surface area contributed by atoms with Gasteiger partial charge in [0.15, 0.2) is 0 Å². The van der Waals surface area contributed by atoms with Crippen LogP contribution in [0.2, 0.25) is 0 Å². The molecule has 0 aromatic carbocycles. The Balaban J connectivity index is 0.00000208. The minimum absolute atomic E-state index is 0. The van der Waals surface area contributed by atoms with Gasteiger partial charge in [-0.2, -0.15) is 5.10 Å². The van der Waals surface area contributed by atoms with E-state index in [2.05, 4.69) is 29.6 Å². The average molecular weight is 371 g/mol. The van der Waals surface area contributed by atoms with Crippen LogP contribution in [-0.4, -0.2) is 35.3 Å². The van der Waals surface area contributed by atoms with Crippen molar-refractivity contribution < 1.29 is 4.79 Å². The highest BCUT2D eigenvalue weighted by Gasteiger charge is 2.19. The van der Waals surface area contributed by atoms with Crippen molar-refractivity contribution in [3.63, 3.8) is 0 Å². The fraction of sp³-hybridized carbons (Fsp3) is 0.647. The van der Waals surface area contributed by atoms with Crippen LogP contribution < -0.4 is 10.6 Å². The number of carbonyl (C=O) groups excluding carboxylic acids is 1. The Morgan fingerprint density at radius 2 is 2.33 bits per heavy atom. The lowest BCUT2D eigenvalue weighted by Gasteiger charge is -2.22. The fourth-order valence-corrected chi connectivity index (χ4v) is 4.25. The summed E-state index contributed by atoms with van der Waals surface area (Å²) < 4.78 is 1.89. The van der Waals surface area contributed by atoms with E-state index in [-0.39, 0.29) is 18.3 Å². The quantitative estimate of drug-likeness (QED) is 0.848. The number of nitrogens with zero attached hydrogens (tertiary/aromatic N) is 2. The summed E-state index contributed by atoms with van der Waals surface area (Å²) in [5.74, 6) is 1.11. The van der Waals surface area contributed by atoms with E-state index in [1.54, 1.807) is 0 Å². The molecule has 1 fully saturated rings. The molecule has 134 valence electrons. The number of nitrogens with one attached hydrogen (secondary N) is 2. The summed E-state index contributed by atoms with van der Waals surface area (Å²) in [5.41, 5.74) is 1.08. The number of piperidine rings is 1.